The molecule has 1 fully saturated rings. The zero-order chi connectivity index (χ0) is 22.2. The van der Waals surface area contributed by atoms with Crippen LogP contribution < -0.4 is 0 Å². The Balaban J connectivity index is 1.52. The summed E-state index contributed by atoms with van der Waals surface area (Å²) in [6.45, 7) is 8.77. The van der Waals surface area contributed by atoms with E-state index in [1.807, 2.05) is 64.1 Å². The van der Waals surface area contributed by atoms with E-state index >= 15 is 0 Å². The van der Waals surface area contributed by atoms with Gasteiger partial charge in [0, 0.05) is 25.1 Å². The highest BCUT2D eigenvalue weighted by Crippen LogP contribution is 2.30. The summed E-state index contributed by atoms with van der Waals surface area (Å²) >= 11 is 0. The van der Waals surface area contributed by atoms with Crippen LogP contribution in [0, 0.1) is 33.6 Å². The van der Waals surface area contributed by atoms with Gasteiger partial charge in [-0.3, -0.25) is 0 Å². The largest absolute Gasteiger partial charge is 0.339 e. The first-order valence-corrected chi connectivity index (χ1v) is 12.2. The minimum Gasteiger partial charge on any atom is -0.339 e. The Kier molecular flexibility index (Phi) is 5.99. The summed E-state index contributed by atoms with van der Waals surface area (Å²) in [7, 11) is -3.54. The minimum atomic E-state index is -3.54. The predicted molar refractivity (Wildman–Crippen MR) is 120 cm³/mol. The fourth-order valence-electron chi connectivity index (χ4n) is 4.63. The highest BCUT2D eigenvalue weighted by Gasteiger charge is 2.33. The predicted octanol–water partition coefficient (Wildman–Crippen LogP) is 4.61. The van der Waals surface area contributed by atoms with Gasteiger partial charge in [0.25, 0.3) is 0 Å². The smallest absolute Gasteiger partial charge is 0.243 e. The molecule has 1 aromatic heterocycles. The van der Waals surface area contributed by atoms with Crippen LogP contribution in [0.5, 0.6) is 0 Å². The van der Waals surface area contributed by atoms with Crippen LogP contribution in [0.1, 0.15) is 41.0 Å². The summed E-state index contributed by atoms with van der Waals surface area (Å²) in [5.74, 6) is 1.30. The first kappa shape index (κ1) is 21.7. The molecule has 7 heteroatoms. The van der Waals surface area contributed by atoms with Crippen molar-refractivity contribution in [3.63, 3.8) is 0 Å². The molecule has 0 saturated carbocycles. The molecule has 0 bridgehead atoms. The highest BCUT2D eigenvalue weighted by atomic mass is 32.2. The Morgan fingerprint density at radius 2 is 1.77 bits per heavy atom. The molecule has 0 N–H and O–H groups in total. The van der Waals surface area contributed by atoms with Crippen molar-refractivity contribution in [2.75, 3.05) is 13.1 Å². The van der Waals surface area contributed by atoms with E-state index < -0.39 is 10.0 Å². The maximum atomic E-state index is 13.4. The highest BCUT2D eigenvalue weighted by molar-refractivity contribution is 7.89. The Bertz CT molecular complexity index is 1180. The van der Waals surface area contributed by atoms with Crippen molar-refractivity contribution in [1.29, 1.82) is 0 Å². The monoisotopic (exact) mass is 439 g/mol. The zero-order valence-electron chi connectivity index (χ0n) is 18.6. The number of hydrogen-bond acceptors (Lipinski definition) is 5. The molecule has 2 aromatic carbocycles. The van der Waals surface area contributed by atoms with Gasteiger partial charge in [-0.05, 0) is 63.1 Å². The second-order valence-corrected chi connectivity index (χ2v) is 10.5. The van der Waals surface area contributed by atoms with Gasteiger partial charge in [0.2, 0.25) is 21.7 Å². The molecule has 1 aliphatic heterocycles. The molecule has 0 aliphatic carbocycles. The molecule has 1 atom stereocenters. The lowest BCUT2D eigenvalue weighted by molar-refractivity contribution is 0.247. The fraction of sp³-hybridized carbons (Fsp3) is 0.417. The first-order chi connectivity index (χ1) is 14.8. The fourth-order valence-corrected chi connectivity index (χ4v) is 6.60. The van der Waals surface area contributed by atoms with Crippen molar-refractivity contribution in [2.24, 2.45) is 5.92 Å². The van der Waals surface area contributed by atoms with Crippen LogP contribution >= 0.6 is 0 Å². The lowest BCUT2D eigenvalue weighted by Crippen LogP contribution is -2.41. The zero-order valence-corrected chi connectivity index (χ0v) is 19.4. The minimum absolute atomic E-state index is 0.153. The van der Waals surface area contributed by atoms with E-state index in [1.54, 1.807) is 4.31 Å². The van der Waals surface area contributed by atoms with Gasteiger partial charge >= 0.3 is 0 Å². The summed E-state index contributed by atoms with van der Waals surface area (Å²) in [5, 5.41) is 4.14. The lowest BCUT2D eigenvalue weighted by Gasteiger charge is -2.32. The van der Waals surface area contributed by atoms with Crippen LogP contribution in [0.25, 0.3) is 11.4 Å². The van der Waals surface area contributed by atoms with Gasteiger partial charge in [-0.1, -0.05) is 47.1 Å². The standard InChI is InChI=1S/C24H29N3O3S/c1-16-12-18(3)23(19(4)13-16)31(28,29)27-11-7-9-20(15-27)14-22-25-24(26-30-22)21-10-6-5-8-17(21)2/h5-6,8,10,12-13,20H,7,9,11,14-15H2,1-4H3. The van der Waals surface area contributed by atoms with Gasteiger partial charge < -0.3 is 4.52 Å². The maximum absolute atomic E-state index is 13.4. The second-order valence-electron chi connectivity index (χ2n) is 8.63. The van der Waals surface area contributed by atoms with Crippen LogP contribution in [0.2, 0.25) is 0 Å². The summed E-state index contributed by atoms with van der Waals surface area (Å²) < 4.78 is 34.0. The molecule has 31 heavy (non-hydrogen) atoms. The maximum Gasteiger partial charge on any atom is 0.243 e. The van der Waals surface area contributed by atoms with Crippen molar-refractivity contribution in [1.82, 2.24) is 14.4 Å². The van der Waals surface area contributed by atoms with E-state index in [0.29, 0.717) is 36.1 Å². The van der Waals surface area contributed by atoms with Crippen LogP contribution in [0.3, 0.4) is 0 Å². The van der Waals surface area contributed by atoms with Gasteiger partial charge in [-0.25, -0.2) is 8.42 Å². The van der Waals surface area contributed by atoms with Crippen molar-refractivity contribution in [2.45, 2.75) is 51.9 Å². The average molecular weight is 440 g/mol. The third-order valence-electron chi connectivity index (χ3n) is 6.00. The van der Waals surface area contributed by atoms with Crippen LogP contribution in [-0.2, 0) is 16.4 Å². The van der Waals surface area contributed by atoms with E-state index in [2.05, 4.69) is 10.1 Å². The number of aryl methyl sites for hydroxylation is 4. The number of piperidine rings is 1. The van der Waals surface area contributed by atoms with E-state index in [-0.39, 0.29) is 5.92 Å². The summed E-state index contributed by atoms with van der Waals surface area (Å²) in [4.78, 5) is 5.02. The number of benzene rings is 2. The molecule has 1 saturated heterocycles. The van der Waals surface area contributed by atoms with E-state index in [0.717, 1.165) is 40.7 Å². The van der Waals surface area contributed by atoms with Crippen LogP contribution in [0.4, 0.5) is 0 Å². The van der Waals surface area contributed by atoms with Crippen molar-refractivity contribution in [3.8, 4) is 11.4 Å². The van der Waals surface area contributed by atoms with Crippen molar-refractivity contribution >= 4 is 10.0 Å². The van der Waals surface area contributed by atoms with Crippen molar-refractivity contribution in [3.05, 3.63) is 64.5 Å². The molecule has 1 aliphatic rings. The third-order valence-corrected chi connectivity index (χ3v) is 8.17. The van der Waals surface area contributed by atoms with Gasteiger partial charge in [0.1, 0.15) is 0 Å². The average Bonchev–Trinajstić information content (AvgIpc) is 3.15. The van der Waals surface area contributed by atoms with Gasteiger partial charge in [-0.15, -0.1) is 0 Å². The number of rotatable bonds is 5. The Morgan fingerprint density at radius 3 is 2.48 bits per heavy atom. The lowest BCUT2D eigenvalue weighted by atomic mass is 9.96. The Labute approximate surface area is 184 Å². The molecule has 3 aromatic rings. The number of aromatic nitrogens is 2. The molecule has 0 amide bonds. The third kappa shape index (κ3) is 4.43. The van der Waals surface area contributed by atoms with Crippen molar-refractivity contribution < 1.29 is 12.9 Å². The molecule has 1 unspecified atom stereocenters. The summed E-state index contributed by atoms with van der Waals surface area (Å²) in [5.41, 5.74) is 4.73. The summed E-state index contributed by atoms with van der Waals surface area (Å²) in [6.07, 6.45) is 2.35. The molecular weight excluding hydrogens is 410 g/mol. The molecule has 164 valence electrons. The number of sulfonamides is 1. The molecule has 0 radical (unpaired) electrons. The normalized spacial score (nSPS) is 17.7. The second kappa shape index (κ2) is 8.55. The molecular formula is C24H29N3O3S. The molecule has 6 nitrogen and oxygen atoms in total. The van der Waals surface area contributed by atoms with Crippen LogP contribution in [0.15, 0.2) is 45.8 Å². The van der Waals surface area contributed by atoms with Crippen LogP contribution in [-0.4, -0.2) is 36.0 Å². The topological polar surface area (TPSA) is 76.3 Å². The molecule has 2 heterocycles. The number of nitrogens with zero attached hydrogens (tertiary/aromatic N) is 3. The Morgan fingerprint density at radius 1 is 1.06 bits per heavy atom. The van der Waals surface area contributed by atoms with E-state index in [1.165, 1.54) is 0 Å². The van der Waals surface area contributed by atoms with Gasteiger partial charge in [0.15, 0.2) is 0 Å². The van der Waals surface area contributed by atoms with E-state index in [9.17, 15) is 8.42 Å². The summed E-state index contributed by atoms with van der Waals surface area (Å²) in [6, 6.07) is 11.8. The van der Waals surface area contributed by atoms with Gasteiger partial charge in [0.05, 0.1) is 4.90 Å². The SMILES string of the molecule is Cc1cc(C)c(S(=O)(=O)N2CCCC(Cc3nc(-c4ccccc4C)no3)C2)c(C)c1. The molecule has 4 rings (SSSR count). The molecule has 0 spiro atoms. The first-order valence-electron chi connectivity index (χ1n) is 10.7. The number of hydrogen-bond donors (Lipinski definition) is 0. The Hall–Kier alpha value is -2.51. The van der Waals surface area contributed by atoms with E-state index in [4.69, 9.17) is 4.52 Å². The van der Waals surface area contributed by atoms with Gasteiger partial charge in [-0.2, -0.15) is 9.29 Å². The quantitative estimate of drug-likeness (QED) is 0.580.